The first kappa shape index (κ1) is 17.6. The van der Waals surface area contributed by atoms with Crippen LogP contribution in [0.15, 0.2) is 29.1 Å². The molecule has 0 saturated heterocycles. The van der Waals surface area contributed by atoms with Crippen LogP contribution in [0.25, 0.3) is 10.2 Å². The van der Waals surface area contributed by atoms with Gasteiger partial charge >= 0.3 is 0 Å². The molecule has 28 heavy (non-hydrogen) atoms. The Morgan fingerprint density at radius 2 is 2.04 bits per heavy atom. The Bertz CT molecular complexity index is 1160. The molecule has 1 amide bonds. The van der Waals surface area contributed by atoms with Crippen molar-refractivity contribution in [1.82, 2.24) is 9.55 Å². The normalized spacial score (nSPS) is 18.8. The average molecular weight is 394 g/mol. The fourth-order valence-electron chi connectivity index (χ4n) is 4.60. The van der Waals surface area contributed by atoms with E-state index in [1.54, 1.807) is 0 Å². The van der Waals surface area contributed by atoms with Crippen molar-refractivity contribution >= 4 is 33.1 Å². The molecule has 1 aromatic carbocycles. The van der Waals surface area contributed by atoms with Gasteiger partial charge < -0.3 is 4.90 Å². The van der Waals surface area contributed by atoms with Crippen LogP contribution in [0.3, 0.4) is 0 Å². The van der Waals surface area contributed by atoms with Crippen molar-refractivity contribution in [2.24, 2.45) is 0 Å². The summed E-state index contributed by atoms with van der Waals surface area (Å²) in [5, 5.41) is 0.624. The van der Waals surface area contributed by atoms with Crippen LogP contribution >= 0.6 is 11.3 Å². The molecule has 0 radical (unpaired) electrons. The summed E-state index contributed by atoms with van der Waals surface area (Å²) in [6.07, 6.45) is 4.90. The average Bonchev–Trinajstić information content (AvgIpc) is 3.07. The molecule has 5 nitrogen and oxygen atoms in total. The van der Waals surface area contributed by atoms with E-state index >= 15 is 0 Å². The Morgan fingerprint density at radius 3 is 2.89 bits per heavy atom. The zero-order valence-electron chi connectivity index (χ0n) is 16.2. The van der Waals surface area contributed by atoms with Crippen molar-refractivity contribution in [1.29, 1.82) is 0 Å². The molecule has 6 heteroatoms. The lowest BCUT2D eigenvalue weighted by molar-refractivity contribution is 0.0985. The monoisotopic (exact) mass is 393 g/mol. The summed E-state index contributed by atoms with van der Waals surface area (Å²) in [4.78, 5) is 34.7. The highest BCUT2D eigenvalue weighted by molar-refractivity contribution is 7.20. The van der Waals surface area contributed by atoms with Crippen molar-refractivity contribution in [3.05, 3.63) is 56.4 Å². The predicted molar refractivity (Wildman–Crippen MR) is 113 cm³/mol. The first-order valence-electron chi connectivity index (χ1n) is 10.0. The maximum absolute atomic E-state index is 13.5. The van der Waals surface area contributed by atoms with Crippen molar-refractivity contribution < 1.29 is 4.79 Å². The summed E-state index contributed by atoms with van der Waals surface area (Å²) in [6, 6.07) is 8.19. The van der Waals surface area contributed by atoms with Crippen molar-refractivity contribution in [2.75, 3.05) is 4.90 Å². The van der Waals surface area contributed by atoms with E-state index in [-0.39, 0.29) is 17.5 Å². The second kappa shape index (κ2) is 6.55. The second-order valence-electron chi connectivity index (χ2n) is 7.89. The number of aryl methyl sites for hydroxylation is 2. The summed E-state index contributed by atoms with van der Waals surface area (Å²) in [5.41, 5.74) is 2.98. The molecule has 2 aromatic heterocycles. The first-order chi connectivity index (χ1) is 13.6. The molecule has 0 unspecified atom stereocenters. The molecule has 0 saturated carbocycles. The van der Waals surface area contributed by atoms with E-state index in [2.05, 4.69) is 13.0 Å². The van der Waals surface area contributed by atoms with Crippen molar-refractivity contribution in [2.45, 2.75) is 58.5 Å². The van der Waals surface area contributed by atoms with E-state index in [0.717, 1.165) is 55.7 Å². The SMILES string of the molecule is Cc1c(C(=O)N2c3ccccc3C[C@H]2C)sc2nc3n(c(=O)c12)CCCCC3. The Labute approximate surface area is 167 Å². The Morgan fingerprint density at radius 1 is 1.21 bits per heavy atom. The van der Waals surface area contributed by atoms with Gasteiger partial charge in [0.2, 0.25) is 0 Å². The molecule has 0 N–H and O–H groups in total. The summed E-state index contributed by atoms with van der Waals surface area (Å²) in [6.45, 7) is 4.70. The third kappa shape index (κ3) is 2.54. The number of carbonyl (C=O) groups excluding carboxylic acids is 1. The zero-order valence-corrected chi connectivity index (χ0v) is 17.0. The van der Waals surface area contributed by atoms with Gasteiger partial charge in [0.1, 0.15) is 10.7 Å². The molecule has 4 heterocycles. The number of rotatable bonds is 1. The standard InChI is InChI=1S/C22H23N3O2S/c1-13-12-15-8-5-6-9-16(15)25(13)22(27)19-14(2)18-20(28-19)23-17-10-4-3-7-11-24(17)21(18)26/h5-6,8-9,13H,3-4,7,10-12H2,1-2H3/t13-/m1/s1. The van der Waals surface area contributed by atoms with E-state index in [9.17, 15) is 9.59 Å². The number of amides is 1. The van der Waals surface area contributed by atoms with Crippen LogP contribution < -0.4 is 10.5 Å². The highest BCUT2D eigenvalue weighted by Crippen LogP contribution is 2.36. The molecular formula is C22H23N3O2S. The summed E-state index contributed by atoms with van der Waals surface area (Å²) in [5.74, 6) is 0.854. The van der Waals surface area contributed by atoms with E-state index in [0.29, 0.717) is 15.1 Å². The molecule has 0 spiro atoms. The number of hydrogen-bond donors (Lipinski definition) is 0. The smallest absolute Gasteiger partial charge is 0.268 e. The third-order valence-corrected chi connectivity index (χ3v) is 7.21. The quantitative estimate of drug-likeness (QED) is 0.626. The van der Waals surface area contributed by atoms with Crippen LogP contribution in [0.4, 0.5) is 5.69 Å². The number of aromatic nitrogens is 2. The molecule has 144 valence electrons. The van der Waals surface area contributed by atoms with Crippen LogP contribution in [0.1, 0.15) is 52.8 Å². The molecule has 0 fully saturated rings. The minimum atomic E-state index is -0.0162. The predicted octanol–water partition coefficient (Wildman–Crippen LogP) is 4.08. The van der Waals surface area contributed by atoms with Gasteiger partial charge in [0.25, 0.3) is 11.5 Å². The molecule has 0 bridgehead atoms. The first-order valence-corrected chi connectivity index (χ1v) is 10.8. The molecule has 1 atom stereocenters. The van der Waals surface area contributed by atoms with E-state index < -0.39 is 0 Å². The van der Waals surface area contributed by atoms with E-state index in [1.807, 2.05) is 34.6 Å². The van der Waals surface area contributed by atoms with Crippen LogP contribution in [0.2, 0.25) is 0 Å². The van der Waals surface area contributed by atoms with E-state index in [4.69, 9.17) is 4.98 Å². The number of benzene rings is 1. The Hall–Kier alpha value is -2.47. The molecular weight excluding hydrogens is 370 g/mol. The lowest BCUT2D eigenvalue weighted by Gasteiger charge is -2.22. The molecule has 3 aromatic rings. The highest BCUT2D eigenvalue weighted by Gasteiger charge is 2.33. The van der Waals surface area contributed by atoms with Gasteiger partial charge in [-0.2, -0.15) is 0 Å². The highest BCUT2D eigenvalue weighted by atomic mass is 32.1. The number of para-hydroxylation sites is 1. The van der Waals surface area contributed by atoms with Gasteiger partial charge in [0.05, 0.1) is 10.3 Å². The van der Waals surface area contributed by atoms with Gasteiger partial charge in [0, 0.05) is 24.7 Å². The van der Waals surface area contributed by atoms with Crippen molar-refractivity contribution in [3.63, 3.8) is 0 Å². The number of hydrogen-bond acceptors (Lipinski definition) is 4. The fourth-order valence-corrected chi connectivity index (χ4v) is 5.73. The summed E-state index contributed by atoms with van der Waals surface area (Å²) < 4.78 is 1.83. The minimum Gasteiger partial charge on any atom is -0.304 e. The van der Waals surface area contributed by atoms with Crippen LogP contribution in [0.5, 0.6) is 0 Å². The Balaban J connectivity index is 1.64. The van der Waals surface area contributed by atoms with Gasteiger partial charge in [0.15, 0.2) is 0 Å². The number of nitrogens with zero attached hydrogens (tertiary/aromatic N) is 3. The number of fused-ring (bicyclic) bond motifs is 3. The molecule has 0 aliphatic carbocycles. The lowest BCUT2D eigenvalue weighted by atomic mass is 10.1. The molecule has 2 aliphatic heterocycles. The summed E-state index contributed by atoms with van der Waals surface area (Å²) in [7, 11) is 0. The van der Waals surface area contributed by atoms with Gasteiger partial charge in [-0.3, -0.25) is 14.2 Å². The number of thiophene rings is 1. The van der Waals surface area contributed by atoms with Crippen LogP contribution in [-0.2, 0) is 19.4 Å². The van der Waals surface area contributed by atoms with Crippen LogP contribution in [-0.4, -0.2) is 21.5 Å². The van der Waals surface area contributed by atoms with Crippen LogP contribution in [0, 0.1) is 6.92 Å². The number of anilines is 1. The lowest BCUT2D eigenvalue weighted by Crippen LogP contribution is -2.35. The fraction of sp³-hybridized carbons (Fsp3) is 0.409. The minimum absolute atomic E-state index is 0.0162. The van der Waals surface area contributed by atoms with E-state index in [1.165, 1.54) is 16.9 Å². The maximum Gasteiger partial charge on any atom is 0.268 e. The number of carbonyl (C=O) groups is 1. The largest absolute Gasteiger partial charge is 0.304 e. The zero-order chi connectivity index (χ0) is 19.4. The maximum atomic E-state index is 13.5. The van der Waals surface area contributed by atoms with Gasteiger partial charge in [-0.05, 0) is 50.3 Å². The molecule has 2 aliphatic rings. The summed E-state index contributed by atoms with van der Waals surface area (Å²) >= 11 is 1.37. The topological polar surface area (TPSA) is 55.2 Å². The van der Waals surface area contributed by atoms with Crippen molar-refractivity contribution in [3.8, 4) is 0 Å². The van der Waals surface area contributed by atoms with Gasteiger partial charge in [-0.15, -0.1) is 11.3 Å². The second-order valence-corrected chi connectivity index (χ2v) is 8.89. The van der Waals surface area contributed by atoms with Gasteiger partial charge in [-0.1, -0.05) is 24.6 Å². The molecule has 5 rings (SSSR count). The Kier molecular flexibility index (Phi) is 4.12. The van der Waals surface area contributed by atoms with Gasteiger partial charge in [-0.25, -0.2) is 4.98 Å². The third-order valence-electron chi connectivity index (χ3n) is 6.03.